The number of hydrogen-bond acceptors (Lipinski definition) is 5. The second-order valence-corrected chi connectivity index (χ2v) is 5.04. The number of carbonyl (C=O) groups excluding carboxylic acids is 1. The summed E-state index contributed by atoms with van der Waals surface area (Å²) in [6.07, 6.45) is 0. The number of carbonyl (C=O) groups is 2. The molecule has 0 radical (unpaired) electrons. The predicted molar refractivity (Wildman–Crippen MR) is 77.1 cm³/mol. The van der Waals surface area contributed by atoms with Crippen LogP contribution in [0, 0.1) is 10.1 Å². The summed E-state index contributed by atoms with van der Waals surface area (Å²) >= 11 is 0.881. The van der Waals surface area contributed by atoms with Gasteiger partial charge in [0.15, 0.2) is 0 Å². The molecule has 1 heterocycles. The van der Waals surface area contributed by atoms with Gasteiger partial charge < -0.3 is 10.0 Å². The summed E-state index contributed by atoms with van der Waals surface area (Å²) in [6, 6.07) is 6.99. The van der Waals surface area contributed by atoms with Crippen LogP contribution in [-0.2, 0) is 0 Å². The molecule has 0 saturated carbocycles. The smallest absolute Gasteiger partial charge is 0.335 e. The Hall–Kier alpha value is -2.74. The van der Waals surface area contributed by atoms with Gasteiger partial charge in [0.05, 0.1) is 16.1 Å². The van der Waals surface area contributed by atoms with E-state index >= 15 is 0 Å². The number of nitro groups is 1. The number of carboxylic acid groups (broad SMARTS) is 1. The van der Waals surface area contributed by atoms with Crippen LogP contribution in [0.5, 0.6) is 0 Å². The van der Waals surface area contributed by atoms with E-state index in [4.69, 9.17) is 5.11 Å². The lowest BCUT2D eigenvalue weighted by molar-refractivity contribution is -0.380. The molecule has 0 aliphatic carbocycles. The van der Waals surface area contributed by atoms with Gasteiger partial charge in [-0.05, 0) is 24.3 Å². The van der Waals surface area contributed by atoms with Gasteiger partial charge in [-0.1, -0.05) is 11.3 Å². The number of amides is 1. The van der Waals surface area contributed by atoms with Gasteiger partial charge >= 0.3 is 11.0 Å². The molecular formula is C13H10N2O5S. The second-order valence-electron chi connectivity index (χ2n) is 4.15. The van der Waals surface area contributed by atoms with Crippen LogP contribution in [0.15, 0.2) is 35.7 Å². The zero-order chi connectivity index (χ0) is 15.6. The van der Waals surface area contributed by atoms with Gasteiger partial charge in [-0.2, -0.15) is 0 Å². The van der Waals surface area contributed by atoms with Crippen LogP contribution in [0.25, 0.3) is 0 Å². The normalized spacial score (nSPS) is 10.1. The fourth-order valence-corrected chi connectivity index (χ4v) is 2.37. The van der Waals surface area contributed by atoms with Gasteiger partial charge in [0, 0.05) is 24.2 Å². The fraction of sp³-hybridized carbons (Fsp3) is 0.0769. The average Bonchev–Trinajstić information content (AvgIpc) is 2.96. The van der Waals surface area contributed by atoms with Gasteiger partial charge in [-0.3, -0.25) is 14.9 Å². The Morgan fingerprint density at radius 2 is 1.86 bits per heavy atom. The van der Waals surface area contributed by atoms with Gasteiger partial charge in [0.1, 0.15) is 0 Å². The van der Waals surface area contributed by atoms with Crippen molar-refractivity contribution in [2.45, 2.75) is 0 Å². The molecule has 0 unspecified atom stereocenters. The van der Waals surface area contributed by atoms with Crippen molar-refractivity contribution in [2.24, 2.45) is 0 Å². The number of carboxylic acids is 1. The van der Waals surface area contributed by atoms with E-state index in [1.54, 1.807) is 0 Å². The van der Waals surface area contributed by atoms with Crippen molar-refractivity contribution in [3.8, 4) is 0 Å². The molecule has 0 aliphatic heterocycles. The summed E-state index contributed by atoms with van der Waals surface area (Å²) in [7, 11) is 1.52. The Morgan fingerprint density at radius 3 is 2.33 bits per heavy atom. The minimum atomic E-state index is -1.05. The Labute approximate surface area is 123 Å². The van der Waals surface area contributed by atoms with E-state index in [2.05, 4.69) is 0 Å². The van der Waals surface area contributed by atoms with Crippen molar-refractivity contribution in [3.05, 3.63) is 57.0 Å². The van der Waals surface area contributed by atoms with Gasteiger partial charge in [-0.15, -0.1) is 0 Å². The molecule has 108 valence electrons. The quantitative estimate of drug-likeness (QED) is 0.691. The molecule has 0 spiro atoms. The maximum atomic E-state index is 12.2. The fourth-order valence-electron chi connectivity index (χ4n) is 1.67. The van der Waals surface area contributed by atoms with Crippen LogP contribution >= 0.6 is 11.3 Å². The van der Waals surface area contributed by atoms with Gasteiger partial charge in [-0.25, -0.2) is 4.79 Å². The molecule has 8 heteroatoms. The summed E-state index contributed by atoms with van der Waals surface area (Å²) in [5, 5.41) is 20.7. The van der Waals surface area contributed by atoms with Crippen molar-refractivity contribution in [1.82, 2.24) is 0 Å². The van der Waals surface area contributed by atoms with Crippen molar-refractivity contribution < 1.29 is 19.6 Å². The molecule has 1 aromatic carbocycles. The number of benzene rings is 1. The summed E-state index contributed by atoms with van der Waals surface area (Å²) < 4.78 is 0. The summed E-state index contributed by atoms with van der Waals surface area (Å²) in [6.45, 7) is 0. The lowest BCUT2D eigenvalue weighted by Gasteiger charge is -2.16. The predicted octanol–water partition coefficient (Wildman–Crippen LogP) is 2.63. The molecule has 0 saturated heterocycles. The molecule has 1 aromatic heterocycles. The lowest BCUT2D eigenvalue weighted by Crippen LogP contribution is -2.25. The number of anilines is 1. The number of aromatic carboxylic acids is 1. The third kappa shape index (κ3) is 3.06. The van der Waals surface area contributed by atoms with Crippen LogP contribution in [0.4, 0.5) is 10.7 Å². The van der Waals surface area contributed by atoms with Crippen LogP contribution in [0.1, 0.15) is 20.7 Å². The molecule has 0 fully saturated rings. The van der Waals surface area contributed by atoms with Gasteiger partial charge in [0.25, 0.3) is 5.91 Å². The highest BCUT2D eigenvalue weighted by Gasteiger charge is 2.19. The molecule has 21 heavy (non-hydrogen) atoms. The van der Waals surface area contributed by atoms with E-state index in [9.17, 15) is 19.7 Å². The molecule has 1 N–H and O–H groups in total. The number of thiophene rings is 1. The summed E-state index contributed by atoms with van der Waals surface area (Å²) in [4.78, 5) is 34.3. The van der Waals surface area contributed by atoms with Crippen molar-refractivity contribution in [3.63, 3.8) is 0 Å². The minimum absolute atomic E-state index is 0.104. The summed E-state index contributed by atoms with van der Waals surface area (Å²) in [5.74, 6) is -1.45. The number of nitrogens with zero attached hydrogens (tertiary/aromatic N) is 2. The molecule has 0 aliphatic rings. The Bertz CT molecular complexity index is 708. The highest BCUT2D eigenvalue weighted by Crippen LogP contribution is 2.25. The zero-order valence-electron chi connectivity index (χ0n) is 10.8. The largest absolute Gasteiger partial charge is 0.478 e. The molecular weight excluding hydrogens is 296 g/mol. The van der Waals surface area contributed by atoms with E-state index < -0.39 is 16.8 Å². The van der Waals surface area contributed by atoms with Crippen LogP contribution in [0.3, 0.4) is 0 Å². The Kier molecular flexibility index (Phi) is 3.99. The monoisotopic (exact) mass is 306 g/mol. The molecule has 0 bridgehead atoms. The first-order valence-electron chi connectivity index (χ1n) is 5.74. The van der Waals surface area contributed by atoms with Crippen molar-refractivity contribution in [2.75, 3.05) is 11.9 Å². The average molecular weight is 306 g/mol. The lowest BCUT2D eigenvalue weighted by atomic mass is 10.2. The minimum Gasteiger partial charge on any atom is -0.478 e. The molecule has 1 amide bonds. The van der Waals surface area contributed by atoms with Gasteiger partial charge in [0.2, 0.25) is 0 Å². The molecule has 2 rings (SSSR count). The van der Waals surface area contributed by atoms with Crippen LogP contribution < -0.4 is 4.90 Å². The highest BCUT2D eigenvalue weighted by molar-refractivity contribution is 7.13. The van der Waals surface area contributed by atoms with E-state index in [0.29, 0.717) is 5.69 Å². The van der Waals surface area contributed by atoms with Crippen LogP contribution in [0.2, 0.25) is 0 Å². The van der Waals surface area contributed by atoms with Crippen molar-refractivity contribution >= 4 is 33.9 Å². The second kappa shape index (κ2) is 5.71. The third-order valence-corrected chi connectivity index (χ3v) is 3.70. The van der Waals surface area contributed by atoms with Crippen molar-refractivity contribution in [1.29, 1.82) is 0 Å². The Morgan fingerprint density at radius 1 is 1.24 bits per heavy atom. The summed E-state index contributed by atoms with van der Waals surface area (Å²) in [5.41, 5.74) is 0.834. The first kappa shape index (κ1) is 14.7. The molecule has 2 aromatic rings. The Balaban J connectivity index is 2.21. The molecule has 0 atom stereocenters. The highest BCUT2D eigenvalue weighted by atomic mass is 32.1. The maximum Gasteiger partial charge on any atom is 0.335 e. The van der Waals surface area contributed by atoms with E-state index in [0.717, 1.165) is 11.3 Å². The topological polar surface area (TPSA) is 101 Å². The first-order chi connectivity index (χ1) is 9.90. The maximum absolute atomic E-state index is 12.2. The van der Waals surface area contributed by atoms with E-state index in [1.807, 2.05) is 0 Å². The standard InChI is InChI=1S/C13H10N2O5S/c1-14(10-4-2-8(3-5-10)13(17)18)12(16)9-6-11(15(19)20)21-7-9/h2-7H,1H3,(H,17,18). The van der Waals surface area contributed by atoms with Crippen LogP contribution in [-0.4, -0.2) is 29.0 Å². The zero-order valence-corrected chi connectivity index (χ0v) is 11.7. The number of hydrogen-bond donors (Lipinski definition) is 1. The van der Waals surface area contributed by atoms with E-state index in [1.165, 1.54) is 47.7 Å². The number of rotatable bonds is 4. The third-order valence-electron chi connectivity index (χ3n) is 2.82. The first-order valence-corrected chi connectivity index (χ1v) is 6.62. The SMILES string of the molecule is CN(C(=O)c1csc([N+](=O)[O-])c1)c1ccc(C(=O)O)cc1. The molecule has 7 nitrogen and oxygen atoms in total. The van der Waals surface area contributed by atoms with E-state index in [-0.39, 0.29) is 16.1 Å².